The van der Waals surface area contributed by atoms with Crippen LogP contribution in [0.2, 0.25) is 0 Å². The van der Waals surface area contributed by atoms with E-state index in [1.165, 1.54) is 18.2 Å². The smallest absolute Gasteiger partial charge is 0.416 e. The number of hydrogen-bond donors (Lipinski definition) is 1. The lowest BCUT2D eigenvalue weighted by Crippen LogP contribution is -2.42. The fourth-order valence-electron chi connectivity index (χ4n) is 2.57. The zero-order chi connectivity index (χ0) is 19.7. The fraction of sp³-hybridized carbons (Fsp3) is 0.211. The summed E-state index contributed by atoms with van der Waals surface area (Å²) in [6.07, 6.45) is -3.85. The van der Waals surface area contributed by atoms with Gasteiger partial charge in [0, 0.05) is 6.42 Å². The highest BCUT2D eigenvalue weighted by molar-refractivity contribution is 6.49. The zero-order valence-electron chi connectivity index (χ0n) is 13.8. The Kier molecular flexibility index (Phi) is 5.40. The van der Waals surface area contributed by atoms with E-state index in [4.69, 9.17) is 27.9 Å². The van der Waals surface area contributed by atoms with Crippen LogP contribution in [0.3, 0.4) is 0 Å². The third-order valence-corrected chi connectivity index (χ3v) is 4.60. The topological polar surface area (TPSA) is 38.3 Å². The van der Waals surface area contributed by atoms with Gasteiger partial charge in [0.15, 0.2) is 10.1 Å². The quantitative estimate of drug-likeness (QED) is 0.567. The van der Waals surface area contributed by atoms with E-state index in [1.54, 1.807) is 0 Å². The molecule has 1 atom stereocenters. The minimum absolute atomic E-state index is 0.0708. The Bertz CT molecular complexity index is 850. The molecule has 27 heavy (non-hydrogen) atoms. The number of carbonyl (C=O) groups is 1. The second-order valence-corrected chi connectivity index (χ2v) is 7.57. The molecule has 0 radical (unpaired) electrons. The summed E-state index contributed by atoms with van der Waals surface area (Å²) < 4.78 is 41.9. The third-order valence-electron chi connectivity index (χ3n) is 3.93. The first-order chi connectivity index (χ1) is 12.6. The molecule has 0 saturated carbocycles. The van der Waals surface area contributed by atoms with Gasteiger partial charge in [0.05, 0.1) is 5.56 Å². The van der Waals surface area contributed by atoms with Gasteiger partial charge in [0.2, 0.25) is 6.23 Å². The number of alkyl halides is 5. The van der Waals surface area contributed by atoms with Gasteiger partial charge in [0.1, 0.15) is 0 Å². The van der Waals surface area contributed by atoms with E-state index in [1.807, 2.05) is 30.3 Å². The molecule has 2 aromatic carbocycles. The van der Waals surface area contributed by atoms with Crippen molar-refractivity contribution in [2.75, 3.05) is 0 Å². The van der Waals surface area contributed by atoms with Crippen LogP contribution in [0.25, 0.3) is 6.08 Å². The number of amides is 1. The van der Waals surface area contributed by atoms with Crippen LogP contribution < -0.4 is 5.32 Å². The van der Waals surface area contributed by atoms with Crippen LogP contribution in [0.4, 0.5) is 13.2 Å². The molecule has 8 heteroatoms. The van der Waals surface area contributed by atoms with Gasteiger partial charge in [-0.3, -0.25) is 4.79 Å². The van der Waals surface area contributed by atoms with Crippen LogP contribution in [0.1, 0.15) is 16.7 Å². The van der Waals surface area contributed by atoms with E-state index in [2.05, 4.69) is 5.32 Å². The Morgan fingerprint density at radius 1 is 1.04 bits per heavy atom. The van der Waals surface area contributed by atoms with E-state index in [-0.39, 0.29) is 12.2 Å². The predicted molar refractivity (Wildman–Crippen MR) is 97.0 cm³/mol. The molecule has 3 rings (SSSR count). The minimum Gasteiger partial charge on any atom is -0.462 e. The van der Waals surface area contributed by atoms with Gasteiger partial charge >= 0.3 is 6.18 Å². The highest BCUT2D eigenvalue weighted by Gasteiger charge is 2.43. The average Bonchev–Trinajstić information content (AvgIpc) is 2.97. The van der Waals surface area contributed by atoms with Gasteiger partial charge in [-0.25, -0.2) is 0 Å². The van der Waals surface area contributed by atoms with Crippen LogP contribution in [0.15, 0.2) is 60.4 Å². The minimum atomic E-state index is -4.42. The number of ether oxygens (including phenoxy) is 1. The van der Waals surface area contributed by atoms with Crippen LogP contribution in [0, 0.1) is 0 Å². The van der Waals surface area contributed by atoms with Crippen LogP contribution in [-0.2, 0) is 22.1 Å². The van der Waals surface area contributed by atoms with Crippen molar-refractivity contribution in [1.82, 2.24) is 5.32 Å². The SMILES string of the molecule is O=C1NC(C(Cl)(Cl)Cc2ccccc2)O/C1=C\c1ccc(C(F)(F)F)cc1. The lowest BCUT2D eigenvalue weighted by atomic mass is 10.1. The maximum Gasteiger partial charge on any atom is 0.416 e. The van der Waals surface area contributed by atoms with Crippen LogP contribution >= 0.6 is 23.2 Å². The van der Waals surface area contributed by atoms with Crippen molar-refractivity contribution in [3.63, 3.8) is 0 Å². The molecular formula is C19H14Cl2F3NO2. The molecule has 3 nitrogen and oxygen atoms in total. The van der Waals surface area contributed by atoms with Crippen molar-refractivity contribution < 1.29 is 22.7 Å². The summed E-state index contributed by atoms with van der Waals surface area (Å²) in [4.78, 5) is 12.1. The third kappa shape index (κ3) is 4.76. The Hall–Kier alpha value is -2.18. The van der Waals surface area contributed by atoms with Crippen molar-refractivity contribution in [1.29, 1.82) is 0 Å². The summed E-state index contributed by atoms with van der Waals surface area (Å²) in [5, 5.41) is 2.55. The molecule has 2 aromatic rings. The molecule has 1 aliphatic heterocycles. The van der Waals surface area contributed by atoms with Gasteiger partial charge in [0.25, 0.3) is 5.91 Å². The molecule has 0 spiro atoms. The summed E-state index contributed by atoms with van der Waals surface area (Å²) >= 11 is 12.7. The molecule has 1 saturated heterocycles. The highest BCUT2D eigenvalue weighted by Crippen LogP contribution is 2.35. The van der Waals surface area contributed by atoms with Crippen LogP contribution in [-0.4, -0.2) is 16.5 Å². The van der Waals surface area contributed by atoms with Crippen molar-refractivity contribution >= 4 is 35.2 Å². The van der Waals surface area contributed by atoms with E-state index in [9.17, 15) is 18.0 Å². The summed E-state index contributed by atoms with van der Waals surface area (Å²) in [6.45, 7) is 0. The zero-order valence-corrected chi connectivity index (χ0v) is 15.3. The molecular weight excluding hydrogens is 402 g/mol. The summed E-state index contributed by atoms with van der Waals surface area (Å²) in [7, 11) is 0. The highest BCUT2D eigenvalue weighted by atomic mass is 35.5. The van der Waals surface area contributed by atoms with Gasteiger partial charge < -0.3 is 10.1 Å². The van der Waals surface area contributed by atoms with Crippen molar-refractivity contribution in [3.8, 4) is 0 Å². The maximum absolute atomic E-state index is 12.6. The normalized spacial score (nSPS) is 19.1. The Labute approximate surface area is 163 Å². The number of hydrogen-bond acceptors (Lipinski definition) is 2. The standard InChI is InChI=1S/C19H14Cl2F3NO2/c20-18(21,11-13-4-2-1-3-5-13)17-25-16(26)15(27-17)10-12-6-8-14(9-7-12)19(22,23)24/h1-10,17H,11H2,(H,25,26)/b15-10-. The second kappa shape index (κ2) is 7.44. The van der Waals surface area contributed by atoms with Gasteiger partial charge in [-0.2, -0.15) is 13.2 Å². The van der Waals surface area contributed by atoms with Crippen LogP contribution in [0.5, 0.6) is 0 Å². The maximum atomic E-state index is 12.6. The number of rotatable bonds is 4. The molecule has 0 aromatic heterocycles. The second-order valence-electron chi connectivity index (χ2n) is 6.02. The van der Waals surface area contributed by atoms with Crippen molar-refractivity contribution in [2.24, 2.45) is 0 Å². The molecule has 1 aliphatic rings. The molecule has 1 N–H and O–H groups in total. The van der Waals surface area contributed by atoms with Gasteiger partial charge in [-0.1, -0.05) is 65.7 Å². The van der Waals surface area contributed by atoms with Crippen molar-refractivity contribution in [2.45, 2.75) is 23.2 Å². The van der Waals surface area contributed by atoms with Gasteiger partial charge in [-0.05, 0) is 29.3 Å². The van der Waals surface area contributed by atoms with E-state index in [0.717, 1.165) is 17.7 Å². The lowest BCUT2D eigenvalue weighted by molar-refractivity contribution is -0.137. The molecule has 1 unspecified atom stereocenters. The molecule has 0 aliphatic carbocycles. The molecule has 1 heterocycles. The first kappa shape index (κ1) is 19.6. The monoisotopic (exact) mass is 415 g/mol. The summed E-state index contributed by atoms with van der Waals surface area (Å²) in [5.74, 6) is -0.614. The molecule has 0 bridgehead atoms. The van der Waals surface area contributed by atoms with Gasteiger partial charge in [-0.15, -0.1) is 0 Å². The Morgan fingerprint density at radius 3 is 2.26 bits per heavy atom. The number of halogens is 5. The van der Waals surface area contributed by atoms with Crippen molar-refractivity contribution in [3.05, 3.63) is 77.0 Å². The summed E-state index contributed by atoms with van der Waals surface area (Å²) in [5.41, 5.74) is 0.467. The van der Waals surface area contributed by atoms with E-state index >= 15 is 0 Å². The number of benzene rings is 2. The first-order valence-electron chi connectivity index (χ1n) is 7.93. The molecule has 142 valence electrons. The molecule has 1 amide bonds. The number of carbonyl (C=O) groups excluding carboxylic acids is 1. The first-order valence-corrected chi connectivity index (χ1v) is 8.69. The fourth-order valence-corrected chi connectivity index (χ4v) is 3.08. The largest absolute Gasteiger partial charge is 0.462 e. The van der Waals surface area contributed by atoms with E-state index in [0.29, 0.717) is 5.56 Å². The average molecular weight is 416 g/mol. The lowest BCUT2D eigenvalue weighted by Gasteiger charge is -2.25. The Morgan fingerprint density at radius 2 is 1.67 bits per heavy atom. The summed E-state index contributed by atoms with van der Waals surface area (Å²) in [6, 6.07) is 13.6. The predicted octanol–water partition coefficient (Wildman–Crippen LogP) is 4.94. The van der Waals surface area contributed by atoms with E-state index < -0.39 is 28.2 Å². The number of nitrogens with one attached hydrogen (secondary N) is 1. The molecule has 1 fully saturated rings. The Balaban J connectivity index is 1.74.